The Morgan fingerprint density at radius 3 is 2.29 bits per heavy atom. The molecular formula is C29H34N2O4. The van der Waals surface area contributed by atoms with Gasteiger partial charge in [-0.1, -0.05) is 72.8 Å². The standard InChI is InChI=1S/C29H34N2O4/c30-16-19-34-27-13-7-12-26(20-27)29(33,25-10-5-2-6-11-25)28(32)35-22-24-14-17-31(18-15-24)21-23-8-3-1-4-9-23/h1-13,20,24,33H,14-19,21-22,30H2/t29-/m1/s1. The van der Waals surface area contributed by atoms with Gasteiger partial charge in [0.15, 0.2) is 0 Å². The van der Waals surface area contributed by atoms with Crippen molar-refractivity contribution >= 4 is 5.97 Å². The van der Waals surface area contributed by atoms with Gasteiger partial charge in [-0.15, -0.1) is 0 Å². The Morgan fingerprint density at radius 1 is 0.943 bits per heavy atom. The minimum atomic E-state index is -1.93. The molecule has 3 N–H and O–H groups in total. The van der Waals surface area contributed by atoms with Gasteiger partial charge in [-0.2, -0.15) is 0 Å². The second-order valence-corrected chi connectivity index (χ2v) is 9.04. The molecule has 1 atom stereocenters. The van der Waals surface area contributed by atoms with Crippen molar-refractivity contribution in [1.82, 2.24) is 4.90 Å². The number of carbonyl (C=O) groups excluding carboxylic acids is 1. The Kier molecular flexibility index (Phi) is 8.53. The highest BCUT2D eigenvalue weighted by Crippen LogP contribution is 2.33. The summed E-state index contributed by atoms with van der Waals surface area (Å²) in [6.45, 7) is 3.86. The molecule has 0 amide bonds. The quantitative estimate of drug-likeness (QED) is 0.436. The minimum Gasteiger partial charge on any atom is -0.492 e. The van der Waals surface area contributed by atoms with Crippen molar-refractivity contribution in [1.29, 1.82) is 0 Å². The average molecular weight is 475 g/mol. The Labute approximate surface area is 207 Å². The van der Waals surface area contributed by atoms with E-state index >= 15 is 0 Å². The molecule has 0 bridgehead atoms. The van der Waals surface area contributed by atoms with Crippen LogP contribution in [0.25, 0.3) is 0 Å². The molecule has 4 rings (SSSR count). The van der Waals surface area contributed by atoms with Crippen LogP contribution in [0.5, 0.6) is 5.75 Å². The van der Waals surface area contributed by atoms with Crippen LogP contribution in [0, 0.1) is 5.92 Å². The molecule has 0 aromatic heterocycles. The molecule has 1 aliphatic heterocycles. The number of hydrogen-bond acceptors (Lipinski definition) is 6. The summed E-state index contributed by atoms with van der Waals surface area (Å²) >= 11 is 0. The van der Waals surface area contributed by atoms with E-state index in [9.17, 15) is 9.90 Å². The normalized spacial score (nSPS) is 16.4. The molecule has 0 spiro atoms. The summed E-state index contributed by atoms with van der Waals surface area (Å²) in [7, 11) is 0. The van der Waals surface area contributed by atoms with Gasteiger partial charge >= 0.3 is 5.97 Å². The van der Waals surface area contributed by atoms with Gasteiger partial charge in [-0.05, 0) is 55.1 Å². The number of benzene rings is 3. The summed E-state index contributed by atoms with van der Waals surface area (Å²) in [6, 6.07) is 26.3. The topological polar surface area (TPSA) is 85.0 Å². The maximum Gasteiger partial charge on any atom is 0.347 e. The highest BCUT2D eigenvalue weighted by Gasteiger charge is 2.42. The van der Waals surface area contributed by atoms with Crippen LogP contribution < -0.4 is 10.5 Å². The Bertz CT molecular complexity index is 1070. The maximum absolute atomic E-state index is 13.4. The Balaban J connectivity index is 1.41. The van der Waals surface area contributed by atoms with Crippen LogP contribution >= 0.6 is 0 Å². The van der Waals surface area contributed by atoms with Gasteiger partial charge < -0.3 is 20.3 Å². The van der Waals surface area contributed by atoms with Crippen LogP contribution in [0.2, 0.25) is 0 Å². The first kappa shape index (κ1) is 24.9. The lowest BCUT2D eigenvalue weighted by Gasteiger charge is -2.33. The van der Waals surface area contributed by atoms with E-state index in [2.05, 4.69) is 29.2 Å². The van der Waals surface area contributed by atoms with Crippen LogP contribution in [0.15, 0.2) is 84.9 Å². The summed E-state index contributed by atoms with van der Waals surface area (Å²) in [5, 5.41) is 11.7. The molecule has 1 aliphatic rings. The third-order valence-electron chi connectivity index (χ3n) is 6.53. The smallest absolute Gasteiger partial charge is 0.347 e. The predicted molar refractivity (Wildman–Crippen MR) is 136 cm³/mol. The molecule has 1 fully saturated rings. The Morgan fingerprint density at radius 2 is 1.60 bits per heavy atom. The number of nitrogens with zero attached hydrogens (tertiary/aromatic N) is 1. The van der Waals surface area contributed by atoms with Gasteiger partial charge in [0.05, 0.1) is 6.61 Å². The van der Waals surface area contributed by atoms with Crippen LogP contribution in [-0.4, -0.2) is 48.8 Å². The zero-order chi connectivity index (χ0) is 24.5. The van der Waals surface area contributed by atoms with Gasteiger partial charge in [0, 0.05) is 18.7 Å². The minimum absolute atomic E-state index is 0.269. The zero-order valence-corrected chi connectivity index (χ0v) is 20.0. The van der Waals surface area contributed by atoms with Crippen LogP contribution in [-0.2, 0) is 21.7 Å². The number of likely N-dealkylation sites (tertiary alicyclic amines) is 1. The van der Waals surface area contributed by atoms with Crippen LogP contribution in [0.1, 0.15) is 29.5 Å². The van der Waals surface area contributed by atoms with Gasteiger partial charge in [0.25, 0.3) is 0 Å². The fourth-order valence-corrected chi connectivity index (χ4v) is 4.52. The lowest BCUT2D eigenvalue weighted by atomic mass is 9.86. The van der Waals surface area contributed by atoms with E-state index in [1.165, 1.54) is 5.56 Å². The molecule has 0 aliphatic carbocycles. The third kappa shape index (κ3) is 6.28. The first-order valence-electron chi connectivity index (χ1n) is 12.2. The van der Waals surface area contributed by atoms with Crippen molar-refractivity contribution in [2.45, 2.75) is 25.0 Å². The number of esters is 1. The molecule has 184 valence electrons. The summed E-state index contributed by atoms with van der Waals surface area (Å²) in [6.07, 6.45) is 1.90. The van der Waals surface area contributed by atoms with Crippen molar-refractivity contribution in [3.05, 3.63) is 102 Å². The van der Waals surface area contributed by atoms with Crippen molar-refractivity contribution in [2.75, 3.05) is 32.8 Å². The summed E-state index contributed by atoms with van der Waals surface area (Å²) in [4.78, 5) is 15.8. The maximum atomic E-state index is 13.4. The number of rotatable bonds is 10. The molecule has 1 heterocycles. The van der Waals surface area contributed by atoms with Crippen molar-refractivity contribution < 1.29 is 19.4 Å². The van der Waals surface area contributed by atoms with E-state index < -0.39 is 11.6 Å². The molecule has 3 aromatic rings. The second kappa shape index (κ2) is 12.0. The largest absolute Gasteiger partial charge is 0.492 e. The monoisotopic (exact) mass is 474 g/mol. The number of hydrogen-bond donors (Lipinski definition) is 2. The second-order valence-electron chi connectivity index (χ2n) is 9.04. The highest BCUT2D eigenvalue weighted by molar-refractivity contribution is 5.85. The number of nitrogens with two attached hydrogens (primary N) is 1. The van der Waals surface area contributed by atoms with Crippen molar-refractivity contribution in [3.63, 3.8) is 0 Å². The van der Waals surface area contributed by atoms with E-state index in [-0.39, 0.29) is 12.5 Å². The average Bonchev–Trinajstić information content (AvgIpc) is 2.92. The molecule has 1 saturated heterocycles. The van der Waals surface area contributed by atoms with E-state index in [4.69, 9.17) is 15.2 Å². The highest BCUT2D eigenvalue weighted by atomic mass is 16.5. The molecule has 0 unspecified atom stereocenters. The van der Waals surface area contributed by atoms with Crippen LogP contribution in [0.4, 0.5) is 0 Å². The van der Waals surface area contributed by atoms with Gasteiger partial charge in [-0.25, -0.2) is 4.79 Å². The van der Waals surface area contributed by atoms with Gasteiger partial charge in [0.2, 0.25) is 5.60 Å². The molecule has 0 radical (unpaired) electrons. The fourth-order valence-electron chi connectivity index (χ4n) is 4.52. The summed E-state index contributed by atoms with van der Waals surface area (Å²) < 4.78 is 11.4. The third-order valence-corrected chi connectivity index (χ3v) is 6.53. The van der Waals surface area contributed by atoms with Crippen LogP contribution in [0.3, 0.4) is 0 Å². The van der Waals surface area contributed by atoms with E-state index in [0.29, 0.717) is 30.0 Å². The van der Waals surface area contributed by atoms with E-state index in [0.717, 1.165) is 32.5 Å². The van der Waals surface area contributed by atoms with E-state index in [1.54, 1.807) is 48.5 Å². The van der Waals surface area contributed by atoms with E-state index in [1.807, 2.05) is 12.1 Å². The number of ether oxygens (including phenoxy) is 2. The first-order chi connectivity index (χ1) is 17.1. The number of piperidine rings is 1. The first-order valence-corrected chi connectivity index (χ1v) is 12.2. The number of carbonyl (C=O) groups is 1. The number of aliphatic hydroxyl groups is 1. The molecule has 6 nitrogen and oxygen atoms in total. The van der Waals surface area contributed by atoms with Crippen molar-refractivity contribution in [2.24, 2.45) is 11.7 Å². The molecule has 0 saturated carbocycles. The lowest BCUT2D eigenvalue weighted by Crippen LogP contribution is -2.40. The van der Waals surface area contributed by atoms with Crippen molar-refractivity contribution in [3.8, 4) is 5.75 Å². The van der Waals surface area contributed by atoms with Gasteiger partial charge in [0.1, 0.15) is 12.4 Å². The lowest BCUT2D eigenvalue weighted by molar-refractivity contribution is -0.164. The van der Waals surface area contributed by atoms with Gasteiger partial charge in [-0.3, -0.25) is 4.90 Å². The fraction of sp³-hybridized carbons (Fsp3) is 0.345. The summed E-state index contributed by atoms with van der Waals surface area (Å²) in [5.74, 6) is 0.137. The zero-order valence-electron chi connectivity index (χ0n) is 20.0. The SMILES string of the molecule is NCCOc1cccc([C@@](O)(C(=O)OCC2CCN(Cc3ccccc3)CC2)c2ccccc2)c1. The molecule has 6 heteroatoms. The molecule has 3 aromatic carbocycles. The molecule has 35 heavy (non-hydrogen) atoms. The Hall–Kier alpha value is -3.19. The molecular weight excluding hydrogens is 440 g/mol. The summed E-state index contributed by atoms with van der Waals surface area (Å²) in [5.41, 5.74) is 5.78. The predicted octanol–water partition coefficient (Wildman–Crippen LogP) is 3.72.